The van der Waals surface area contributed by atoms with E-state index in [-0.39, 0.29) is 25.2 Å². The van der Waals surface area contributed by atoms with Crippen molar-refractivity contribution in [1.82, 2.24) is 10.3 Å². The van der Waals surface area contributed by atoms with Gasteiger partial charge in [-0.3, -0.25) is 0 Å². The van der Waals surface area contributed by atoms with Crippen LogP contribution < -0.4 is 5.32 Å². The Morgan fingerprint density at radius 2 is 1.75 bits per heavy atom. The number of aromatic nitrogens is 1. The van der Waals surface area contributed by atoms with Gasteiger partial charge in [-0.05, 0) is 6.07 Å². The number of carboxylic acid groups (broad SMARTS) is 2. The van der Waals surface area contributed by atoms with E-state index in [1.54, 1.807) is 6.07 Å². The Bertz CT molecular complexity index is 893. The van der Waals surface area contributed by atoms with Crippen molar-refractivity contribution in [3.63, 3.8) is 0 Å². The SMILES string of the molecule is CC1(CNCc2c(C(=O)O)[nH]c3ccccc23)CC1(F)F.O=C(O)C(F)(F)F. The lowest BCUT2D eigenvalue weighted by Crippen LogP contribution is -2.26. The monoisotopic (exact) mass is 408 g/mol. The first kappa shape index (κ1) is 21.6. The minimum atomic E-state index is -5.08. The van der Waals surface area contributed by atoms with Gasteiger partial charge in [-0.1, -0.05) is 25.1 Å². The highest BCUT2D eigenvalue weighted by atomic mass is 19.4. The van der Waals surface area contributed by atoms with Crippen molar-refractivity contribution >= 4 is 22.8 Å². The maximum absolute atomic E-state index is 13.2. The Balaban J connectivity index is 0.000000345. The summed E-state index contributed by atoms with van der Waals surface area (Å²) >= 11 is 0. The number of rotatable bonds is 5. The third-order valence-corrected chi connectivity index (χ3v) is 4.46. The van der Waals surface area contributed by atoms with Gasteiger partial charge in [0.05, 0.1) is 0 Å². The molecule has 0 amide bonds. The van der Waals surface area contributed by atoms with Crippen molar-refractivity contribution < 1.29 is 41.8 Å². The largest absolute Gasteiger partial charge is 0.490 e. The maximum atomic E-state index is 13.2. The third-order valence-electron chi connectivity index (χ3n) is 4.46. The van der Waals surface area contributed by atoms with Gasteiger partial charge in [0.15, 0.2) is 0 Å². The summed E-state index contributed by atoms with van der Waals surface area (Å²) in [6, 6.07) is 7.25. The standard InChI is InChI=1S/C15H16F2N2O2.C2HF3O2/c1-14(7-15(14,16)17)8-18-6-10-9-4-2-3-5-11(9)19-12(10)13(20)21;3-2(4,5)1(6)7/h2-5,18-19H,6-8H2,1H3,(H,20,21);(H,6,7). The molecule has 1 saturated carbocycles. The zero-order valence-electron chi connectivity index (χ0n) is 14.5. The van der Waals surface area contributed by atoms with E-state index in [0.29, 0.717) is 5.56 Å². The minimum absolute atomic E-state index is 0.108. The molecule has 0 saturated heterocycles. The normalized spacial score (nSPS) is 20.4. The fraction of sp³-hybridized carbons (Fsp3) is 0.412. The van der Waals surface area contributed by atoms with E-state index < -0.39 is 29.5 Å². The van der Waals surface area contributed by atoms with Crippen molar-refractivity contribution in [2.24, 2.45) is 5.41 Å². The van der Waals surface area contributed by atoms with Crippen molar-refractivity contribution in [3.8, 4) is 0 Å². The molecule has 1 aromatic heterocycles. The summed E-state index contributed by atoms with van der Waals surface area (Å²) in [5.74, 6) is -6.42. The Labute approximate surface area is 155 Å². The van der Waals surface area contributed by atoms with Gasteiger partial charge >= 0.3 is 18.1 Å². The van der Waals surface area contributed by atoms with Gasteiger partial charge in [0, 0.05) is 41.4 Å². The third kappa shape index (κ3) is 4.58. The number of carboxylic acids is 2. The summed E-state index contributed by atoms with van der Waals surface area (Å²) in [5.41, 5.74) is 0.430. The number of aromatic amines is 1. The van der Waals surface area contributed by atoms with Crippen molar-refractivity contribution in [2.45, 2.75) is 32.0 Å². The molecule has 1 heterocycles. The summed E-state index contributed by atoms with van der Waals surface area (Å²) in [6.45, 7) is 1.95. The van der Waals surface area contributed by atoms with E-state index in [1.165, 1.54) is 6.92 Å². The molecule has 1 aromatic carbocycles. The van der Waals surface area contributed by atoms with E-state index in [0.717, 1.165) is 10.9 Å². The average molecular weight is 408 g/mol. The fourth-order valence-electron chi connectivity index (χ4n) is 2.67. The van der Waals surface area contributed by atoms with Crippen LogP contribution in [0.4, 0.5) is 22.0 Å². The van der Waals surface area contributed by atoms with Gasteiger partial charge in [0.1, 0.15) is 5.69 Å². The molecule has 1 unspecified atom stereocenters. The van der Waals surface area contributed by atoms with Crippen LogP contribution in [0, 0.1) is 5.41 Å². The second-order valence-corrected chi connectivity index (χ2v) is 6.68. The molecular formula is C17H17F5N2O4. The van der Waals surface area contributed by atoms with E-state index in [2.05, 4.69) is 10.3 Å². The van der Waals surface area contributed by atoms with Gasteiger partial charge in [0.2, 0.25) is 0 Å². The maximum Gasteiger partial charge on any atom is 0.490 e. The summed E-state index contributed by atoms with van der Waals surface area (Å²) in [5, 5.41) is 20.1. The minimum Gasteiger partial charge on any atom is -0.477 e. The van der Waals surface area contributed by atoms with Crippen LogP contribution >= 0.6 is 0 Å². The molecule has 154 valence electrons. The number of nitrogens with one attached hydrogen (secondary N) is 2. The van der Waals surface area contributed by atoms with E-state index >= 15 is 0 Å². The first-order chi connectivity index (χ1) is 12.8. The first-order valence-electron chi connectivity index (χ1n) is 8.00. The molecule has 28 heavy (non-hydrogen) atoms. The molecule has 0 spiro atoms. The smallest absolute Gasteiger partial charge is 0.477 e. The number of carbonyl (C=O) groups is 2. The highest BCUT2D eigenvalue weighted by Crippen LogP contribution is 2.59. The number of aliphatic carboxylic acids is 1. The lowest BCUT2D eigenvalue weighted by molar-refractivity contribution is -0.192. The van der Waals surface area contributed by atoms with Gasteiger partial charge in [0.25, 0.3) is 5.92 Å². The predicted octanol–water partition coefficient (Wildman–Crippen LogP) is 3.63. The van der Waals surface area contributed by atoms with Crippen LogP contribution in [0.3, 0.4) is 0 Å². The second-order valence-electron chi connectivity index (χ2n) is 6.68. The second kappa shape index (κ2) is 7.38. The number of fused-ring (bicyclic) bond motifs is 1. The lowest BCUT2D eigenvalue weighted by atomic mass is 10.1. The number of hydrogen-bond donors (Lipinski definition) is 4. The van der Waals surface area contributed by atoms with Crippen LogP contribution in [-0.2, 0) is 11.3 Å². The molecule has 11 heteroatoms. The molecule has 0 aliphatic heterocycles. The number of aromatic carboxylic acids is 1. The quantitative estimate of drug-likeness (QED) is 0.566. The van der Waals surface area contributed by atoms with Gasteiger partial charge < -0.3 is 20.5 Å². The lowest BCUT2D eigenvalue weighted by Gasteiger charge is -2.11. The van der Waals surface area contributed by atoms with E-state index in [1.807, 2.05) is 18.2 Å². The topological polar surface area (TPSA) is 102 Å². The molecule has 4 N–H and O–H groups in total. The van der Waals surface area contributed by atoms with Crippen molar-refractivity contribution in [1.29, 1.82) is 0 Å². The fourth-order valence-corrected chi connectivity index (χ4v) is 2.67. The number of H-pyrrole nitrogens is 1. The van der Waals surface area contributed by atoms with Gasteiger partial charge in [-0.25, -0.2) is 18.4 Å². The number of benzene rings is 1. The molecule has 3 rings (SSSR count). The molecule has 2 aromatic rings. The predicted molar refractivity (Wildman–Crippen MR) is 88.3 cm³/mol. The van der Waals surface area contributed by atoms with Crippen LogP contribution in [-0.4, -0.2) is 45.8 Å². The molecule has 1 fully saturated rings. The average Bonchev–Trinajstić information content (AvgIpc) is 2.89. The molecule has 0 radical (unpaired) electrons. The molecule has 0 bridgehead atoms. The first-order valence-corrected chi connectivity index (χ1v) is 8.00. The van der Waals surface area contributed by atoms with Crippen LogP contribution in [0.25, 0.3) is 10.9 Å². The molecule has 1 aliphatic rings. The Morgan fingerprint density at radius 3 is 2.21 bits per heavy atom. The summed E-state index contributed by atoms with van der Waals surface area (Å²) in [6.07, 6.45) is -5.20. The van der Waals surface area contributed by atoms with E-state index in [9.17, 15) is 31.9 Å². The van der Waals surface area contributed by atoms with Crippen LogP contribution in [0.5, 0.6) is 0 Å². The summed E-state index contributed by atoms with van der Waals surface area (Å²) < 4.78 is 58.1. The molecule has 6 nitrogen and oxygen atoms in total. The number of halogens is 5. The van der Waals surface area contributed by atoms with Crippen molar-refractivity contribution in [2.75, 3.05) is 6.54 Å². The number of alkyl halides is 5. The van der Waals surface area contributed by atoms with Crippen molar-refractivity contribution in [3.05, 3.63) is 35.5 Å². The van der Waals surface area contributed by atoms with Gasteiger partial charge in [-0.15, -0.1) is 0 Å². The van der Waals surface area contributed by atoms with Crippen LogP contribution in [0.2, 0.25) is 0 Å². The zero-order chi connectivity index (χ0) is 21.3. The Morgan fingerprint density at radius 1 is 1.21 bits per heavy atom. The van der Waals surface area contributed by atoms with Crippen LogP contribution in [0.15, 0.2) is 24.3 Å². The highest BCUT2D eigenvalue weighted by molar-refractivity contribution is 5.97. The zero-order valence-corrected chi connectivity index (χ0v) is 14.5. The number of para-hydroxylation sites is 1. The highest BCUT2D eigenvalue weighted by Gasteiger charge is 2.67. The Hall–Kier alpha value is -2.69. The summed E-state index contributed by atoms with van der Waals surface area (Å²) in [7, 11) is 0. The Kier molecular flexibility index (Phi) is 5.69. The van der Waals surface area contributed by atoms with E-state index in [4.69, 9.17) is 9.90 Å². The van der Waals surface area contributed by atoms with Crippen LogP contribution in [0.1, 0.15) is 29.4 Å². The molecule has 1 atom stereocenters. The summed E-state index contributed by atoms with van der Waals surface area (Å²) in [4.78, 5) is 23.0. The molecule has 1 aliphatic carbocycles. The molecular weight excluding hydrogens is 391 g/mol. The van der Waals surface area contributed by atoms with Gasteiger partial charge in [-0.2, -0.15) is 13.2 Å². The number of hydrogen-bond acceptors (Lipinski definition) is 3.